The van der Waals surface area contributed by atoms with Crippen LogP contribution in [0.25, 0.3) is 0 Å². The maximum atomic E-state index is 9.85. The van der Waals surface area contributed by atoms with Gasteiger partial charge in [-0.3, -0.25) is 0 Å². The van der Waals surface area contributed by atoms with Crippen molar-refractivity contribution in [3.8, 4) is 0 Å². The number of hydrogen-bond acceptors (Lipinski definition) is 4. The number of β-amino-alcohol motifs (C(OH)–C–C–N with tert-alkyl or cyclic N) is 1. The van der Waals surface area contributed by atoms with Crippen LogP contribution < -0.4 is 4.90 Å². The molecule has 0 aromatic carbocycles. The van der Waals surface area contributed by atoms with E-state index in [1.807, 2.05) is 19.9 Å². The van der Waals surface area contributed by atoms with Gasteiger partial charge >= 0.3 is 0 Å². The summed E-state index contributed by atoms with van der Waals surface area (Å²) in [5.41, 5.74) is 1.96. The van der Waals surface area contributed by atoms with Crippen LogP contribution in [0, 0.1) is 19.8 Å². The lowest BCUT2D eigenvalue weighted by molar-refractivity contribution is 0.102. The highest BCUT2D eigenvalue weighted by Crippen LogP contribution is 2.20. The van der Waals surface area contributed by atoms with E-state index >= 15 is 0 Å². The lowest BCUT2D eigenvalue weighted by atomic mass is 9.96. The lowest BCUT2D eigenvalue weighted by Gasteiger charge is -2.34. The smallest absolute Gasteiger partial charge is 0.225 e. The molecule has 1 aliphatic rings. The van der Waals surface area contributed by atoms with Gasteiger partial charge in [0.05, 0.1) is 6.10 Å². The van der Waals surface area contributed by atoms with Crippen LogP contribution in [0.1, 0.15) is 24.7 Å². The van der Waals surface area contributed by atoms with E-state index in [9.17, 15) is 5.11 Å². The number of aliphatic hydroxyl groups is 1. The van der Waals surface area contributed by atoms with Crippen LogP contribution in [-0.4, -0.2) is 34.3 Å². The minimum atomic E-state index is -0.266. The summed E-state index contributed by atoms with van der Waals surface area (Å²) in [6.07, 6.45) is 0.732. The second-order valence-electron chi connectivity index (χ2n) is 4.73. The maximum Gasteiger partial charge on any atom is 0.225 e. The standard InChI is InChI=1S/C12H19N3O/c1-8-4-5-15(7-11(8)16)12-13-9(2)6-10(3)14-12/h6,8,11,16H,4-5,7H2,1-3H3. The first-order chi connectivity index (χ1) is 7.56. The molecule has 16 heavy (non-hydrogen) atoms. The Morgan fingerprint density at radius 3 is 2.50 bits per heavy atom. The fraction of sp³-hybridized carbons (Fsp3) is 0.667. The van der Waals surface area contributed by atoms with Crippen LogP contribution >= 0.6 is 0 Å². The third kappa shape index (κ3) is 2.32. The molecule has 4 heteroatoms. The second-order valence-corrected chi connectivity index (χ2v) is 4.73. The molecule has 1 aromatic rings. The van der Waals surface area contributed by atoms with Gasteiger partial charge in [-0.25, -0.2) is 9.97 Å². The zero-order valence-corrected chi connectivity index (χ0v) is 10.1. The van der Waals surface area contributed by atoms with E-state index in [0.29, 0.717) is 12.5 Å². The Morgan fingerprint density at radius 1 is 1.31 bits per heavy atom. The molecule has 0 amide bonds. The molecule has 1 N–H and O–H groups in total. The normalized spacial score (nSPS) is 25.9. The maximum absolute atomic E-state index is 9.85. The summed E-state index contributed by atoms with van der Waals surface area (Å²) < 4.78 is 0. The van der Waals surface area contributed by atoms with Gasteiger partial charge in [-0.15, -0.1) is 0 Å². The summed E-state index contributed by atoms with van der Waals surface area (Å²) in [5.74, 6) is 1.13. The monoisotopic (exact) mass is 221 g/mol. The number of piperidine rings is 1. The Kier molecular flexibility index (Phi) is 3.10. The van der Waals surface area contributed by atoms with Crippen LogP contribution in [0.3, 0.4) is 0 Å². The summed E-state index contributed by atoms with van der Waals surface area (Å²) in [4.78, 5) is 10.9. The van der Waals surface area contributed by atoms with Crippen LogP contribution in [0.2, 0.25) is 0 Å². The van der Waals surface area contributed by atoms with Gasteiger partial charge < -0.3 is 10.0 Å². The molecule has 1 saturated heterocycles. The zero-order chi connectivity index (χ0) is 11.7. The summed E-state index contributed by atoms with van der Waals surface area (Å²) in [7, 11) is 0. The van der Waals surface area contributed by atoms with Crippen LogP contribution in [0.4, 0.5) is 5.95 Å². The summed E-state index contributed by atoms with van der Waals surface area (Å²) in [6, 6.07) is 1.96. The first-order valence-corrected chi connectivity index (χ1v) is 5.81. The van der Waals surface area contributed by atoms with Crippen molar-refractivity contribution in [2.24, 2.45) is 5.92 Å². The third-order valence-corrected chi connectivity index (χ3v) is 3.17. The quantitative estimate of drug-likeness (QED) is 0.776. The molecule has 0 radical (unpaired) electrons. The largest absolute Gasteiger partial charge is 0.391 e. The zero-order valence-electron chi connectivity index (χ0n) is 10.1. The van der Waals surface area contributed by atoms with Crippen molar-refractivity contribution in [2.75, 3.05) is 18.0 Å². The van der Waals surface area contributed by atoms with Crippen LogP contribution in [-0.2, 0) is 0 Å². The lowest BCUT2D eigenvalue weighted by Crippen LogP contribution is -2.43. The van der Waals surface area contributed by atoms with Crippen molar-refractivity contribution in [1.82, 2.24) is 9.97 Å². The number of aromatic nitrogens is 2. The summed E-state index contributed by atoms with van der Waals surface area (Å²) >= 11 is 0. The fourth-order valence-corrected chi connectivity index (χ4v) is 2.08. The van der Waals surface area contributed by atoms with Gasteiger partial charge in [0.25, 0.3) is 0 Å². The molecule has 2 atom stereocenters. The number of anilines is 1. The summed E-state index contributed by atoms with van der Waals surface area (Å²) in [5, 5.41) is 9.85. The second kappa shape index (κ2) is 4.37. The van der Waals surface area contributed by atoms with E-state index in [1.54, 1.807) is 0 Å². The molecule has 4 nitrogen and oxygen atoms in total. The third-order valence-electron chi connectivity index (χ3n) is 3.17. The van der Waals surface area contributed by atoms with Gasteiger partial charge in [0, 0.05) is 24.5 Å². The van der Waals surface area contributed by atoms with Crippen molar-refractivity contribution >= 4 is 5.95 Å². The van der Waals surface area contributed by atoms with E-state index in [1.165, 1.54) is 0 Å². The molecule has 0 aliphatic carbocycles. The Hall–Kier alpha value is -1.16. The van der Waals surface area contributed by atoms with Crippen molar-refractivity contribution < 1.29 is 5.11 Å². The molecule has 0 spiro atoms. The van der Waals surface area contributed by atoms with Gasteiger partial charge in [0.2, 0.25) is 5.95 Å². The van der Waals surface area contributed by atoms with E-state index in [-0.39, 0.29) is 6.10 Å². The molecule has 1 aliphatic heterocycles. The Labute approximate surface area is 96.3 Å². The van der Waals surface area contributed by atoms with Gasteiger partial charge in [0.15, 0.2) is 0 Å². The number of aliphatic hydroxyl groups excluding tert-OH is 1. The number of nitrogens with zero attached hydrogens (tertiary/aromatic N) is 3. The van der Waals surface area contributed by atoms with Gasteiger partial charge in [-0.2, -0.15) is 0 Å². The van der Waals surface area contributed by atoms with E-state index in [2.05, 4.69) is 21.8 Å². The molecular formula is C12H19N3O. The van der Waals surface area contributed by atoms with Crippen LogP contribution in [0.5, 0.6) is 0 Å². The fourth-order valence-electron chi connectivity index (χ4n) is 2.08. The highest BCUT2D eigenvalue weighted by Gasteiger charge is 2.25. The Balaban J connectivity index is 2.18. The highest BCUT2D eigenvalue weighted by molar-refractivity contribution is 5.33. The highest BCUT2D eigenvalue weighted by atomic mass is 16.3. The average molecular weight is 221 g/mol. The molecule has 1 fully saturated rings. The molecule has 2 heterocycles. The Bertz CT molecular complexity index is 360. The van der Waals surface area contributed by atoms with Crippen molar-refractivity contribution in [3.05, 3.63) is 17.5 Å². The summed E-state index contributed by atoms with van der Waals surface area (Å²) in [6.45, 7) is 7.61. The van der Waals surface area contributed by atoms with Crippen molar-refractivity contribution in [3.63, 3.8) is 0 Å². The predicted molar refractivity (Wildman–Crippen MR) is 63.5 cm³/mol. The molecule has 2 unspecified atom stereocenters. The number of hydrogen-bond donors (Lipinski definition) is 1. The van der Waals surface area contributed by atoms with Crippen molar-refractivity contribution in [2.45, 2.75) is 33.3 Å². The van der Waals surface area contributed by atoms with Gasteiger partial charge in [0.1, 0.15) is 0 Å². The molecular weight excluding hydrogens is 202 g/mol. The minimum Gasteiger partial charge on any atom is -0.391 e. The average Bonchev–Trinajstić information content (AvgIpc) is 2.20. The van der Waals surface area contributed by atoms with Gasteiger partial charge in [-0.1, -0.05) is 6.92 Å². The molecule has 0 bridgehead atoms. The minimum absolute atomic E-state index is 0.266. The van der Waals surface area contributed by atoms with E-state index < -0.39 is 0 Å². The van der Waals surface area contributed by atoms with Crippen LogP contribution in [0.15, 0.2) is 6.07 Å². The SMILES string of the molecule is Cc1cc(C)nc(N2CCC(C)C(O)C2)n1. The Morgan fingerprint density at radius 2 is 1.94 bits per heavy atom. The first-order valence-electron chi connectivity index (χ1n) is 5.81. The van der Waals surface area contributed by atoms with E-state index in [4.69, 9.17) is 0 Å². The number of rotatable bonds is 1. The van der Waals surface area contributed by atoms with Gasteiger partial charge in [-0.05, 0) is 32.3 Å². The topological polar surface area (TPSA) is 49.2 Å². The first kappa shape index (κ1) is 11.3. The molecule has 1 aromatic heterocycles. The number of aryl methyl sites for hydroxylation is 2. The van der Waals surface area contributed by atoms with E-state index in [0.717, 1.165) is 30.3 Å². The molecule has 88 valence electrons. The van der Waals surface area contributed by atoms with Crippen molar-refractivity contribution in [1.29, 1.82) is 0 Å². The predicted octanol–water partition coefficient (Wildman–Crippen LogP) is 1.30. The molecule has 2 rings (SSSR count). The molecule has 0 saturated carbocycles.